The average molecular weight is 561 g/mol. The first-order valence-corrected chi connectivity index (χ1v) is 13.3. The molecule has 13 nitrogen and oxygen atoms in total. The highest BCUT2D eigenvalue weighted by molar-refractivity contribution is 5.96. The van der Waals surface area contributed by atoms with Gasteiger partial charge in [0, 0.05) is 23.5 Å². The van der Waals surface area contributed by atoms with Crippen LogP contribution in [0.2, 0.25) is 0 Å². The van der Waals surface area contributed by atoms with Gasteiger partial charge >= 0.3 is 11.9 Å². The van der Waals surface area contributed by atoms with E-state index in [0.717, 1.165) is 10.9 Å². The van der Waals surface area contributed by atoms with Crippen LogP contribution in [0.3, 0.4) is 0 Å². The van der Waals surface area contributed by atoms with Crippen LogP contribution in [0.5, 0.6) is 0 Å². The highest BCUT2D eigenvalue weighted by Crippen LogP contribution is 2.19. The largest absolute Gasteiger partial charge is 0.481 e. The Bertz CT molecular complexity index is 1180. The third-order valence-electron chi connectivity index (χ3n) is 6.37. The van der Waals surface area contributed by atoms with Crippen molar-refractivity contribution in [2.24, 2.45) is 17.4 Å². The van der Waals surface area contributed by atoms with Gasteiger partial charge in [0.15, 0.2) is 0 Å². The normalized spacial score (nSPS) is 14.2. The van der Waals surface area contributed by atoms with Crippen LogP contribution in [0.15, 0.2) is 30.5 Å². The maximum atomic E-state index is 13.4. The number of amides is 3. The summed E-state index contributed by atoms with van der Waals surface area (Å²) in [5.41, 5.74) is 13.0. The first-order valence-electron chi connectivity index (χ1n) is 13.3. The smallest absolute Gasteiger partial charge is 0.326 e. The Morgan fingerprint density at radius 1 is 0.900 bits per heavy atom. The molecule has 0 spiro atoms. The zero-order valence-corrected chi connectivity index (χ0v) is 22.8. The lowest BCUT2D eigenvalue weighted by Crippen LogP contribution is -2.58. The van der Waals surface area contributed by atoms with Gasteiger partial charge in [0.25, 0.3) is 0 Å². The van der Waals surface area contributed by atoms with Crippen LogP contribution in [-0.2, 0) is 30.4 Å². The van der Waals surface area contributed by atoms with Gasteiger partial charge in [0.1, 0.15) is 18.1 Å². The average Bonchev–Trinajstić information content (AvgIpc) is 3.29. The van der Waals surface area contributed by atoms with Crippen molar-refractivity contribution >= 4 is 40.6 Å². The predicted octanol–water partition coefficient (Wildman–Crippen LogP) is 0.227. The monoisotopic (exact) mass is 560 g/mol. The summed E-state index contributed by atoms with van der Waals surface area (Å²) in [6.45, 7) is 4.00. The van der Waals surface area contributed by atoms with Gasteiger partial charge in [0.2, 0.25) is 17.7 Å². The molecule has 0 fully saturated rings. The van der Waals surface area contributed by atoms with Gasteiger partial charge in [-0.1, -0.05) is 38.5 Å². The van der Waals surface area contributed by atoms with Gasteiger partial charge in [-0.2, -0.15) is 0 Å². The number of hydrogen-bond donors (Lipinski definition) is 8. The molecule has 1 heterocycles. The molecule has 220 valence electrons. The summed E-state index contributed by atoms with van der Waals surface area (Å²) >= 11 is 0. The van der Waals surface area contributed by atoms with Crippen LogP contribution in [0.4, 0.5) is 0 Å². The minimum absolute atomic E-state index is 0.0175. The molecule has 4 unspecified atom stereocenters. The third-order valence-corrected chi connectivity index (χ3v) is 6.37. The SMILES string of the molecule is CC(C)CC(NC(=O)C(CC(=O)O)NC(=O)C(Cc1c[nH]c2ccccc12)NC(=O)C(N)CCCCN)C(=O)O. The van der Waals surface area contributed by atoms with Crippen molar-refractivity contribution in [1.82, 2.24) is 20.9 Å². The summed E-state index contributed by atoms with van der Waals surface area (Å²) in [6.07, 6.45) is 2.68. The van der Waals surface area contributed by atoms with E-state index in [-0.39, 0.29) is 18.8 Å². The lowest BCUT2D eigenvalue weighted by atomic mass is 10.0. The summed E-state index contributed by atoms with van der Waals surface area (Å²) in [5.74, 6) is -5.09. The van der Waals surface area contributed by atoms with Gasteiger partial charge < -0.3 is 42.6 Å². The lowest BCUT2D eigenvalue weighted by molar-refractivity contribution is -0.144. The minimum atomic E-state index is -1.58. The number of aromatic nitrogens is 1. The molecule has 4 atom stereocenters. The highest BCUT2D eigenvalue weighted by atomic mass is 16.4. The Balaban J connectivity index is 2.28. The van der Waals surface area contributed by atoms with Crippen molar-refractivity contribution in [1.29, 1.82) is 0 Å². The molecular weight excluding hydrogens is 520 g/mol. The number of carboxylic acid groups (broad SMARTS) is 2. The van der Waals surface area contributed by atoms with E-state index < -0.39 is 60.2 Å². The van der Waals surface area contributed by atoms with E-state index >= 15 is 0 Å². The van der Waals surface area contributed by atoms with E-state index in [1.807, 2.05) is 24.3 Å². The van der Waals surface area contributed by atoms with E-state index in [9.17, 15) is 34.2 Å². The van der Waals surface area contributed by atoms with Crippen LogP contribution in [0.1, 0.15) is 51.5 Å². The second-order valence-corrected chi connectivity index (χ2v) is 10.2. The van der Waals surface area contributed by atoms with Gasteiger partial charge in [-0.05, 0) is 43.4 Å². The quantitative estimate of drug-likeness (QED) is 0.124. The topological polar surface area (TPSA) is 230 Å². The number of hydrogen-bond acceptors (Lipinski definition) is 7. The molecule has 2 aromatic rings. The maximum Gasteiger partial charge on any atom is 0.326 e. The summed E-state index contributed by atoms with van der Waals surface area (Å²) < 4.78 is 0. The molecule has 0 aliphatic heterocycles. The molecule has 0 saturated carbocycles. The molecule has 0 aliphatic carbocycles. The number of aromatic amines is 1. The number of fused-ring (bicyclic) bond motifs is 1. The van der Waals surface area contributed by atoms with Gasteiger partial charge in [0.05, 0.1) is 12.5 Å². The van der Waals surface area contributed by atoms with Gasteiger partial charge in [-0.25, -0.2) is 4.79 Å². The Morgan fingerprint density at radius 2 is 1.52 bits per heavy atom. The number of unbranched alkanes of at least 4 members (excludes halogenated alkanes) is 1. The molecule has 40 heavy (non-hydrogen) atoms. The Morgan fingerprint density at radius 3 is 2.15 bits per heavy atom. The molecule has 0 aliphatic rings. The van der Waals surface area contributed by atoms with Crippen LogP contribution >= 0.6 is 0 Å². The van der Waals surface area contributed by atoms with Gasteiger partial charge in [-0.15, -0.1) is 0 Å². The van der Waals surface area contributed by atoms with Crippen LogP contribution < -0.4 is 27.4 Å². The van der Waals surface area contributed by atoms with Crippen molar-refractivity contribution < 1.29 is 34.2 Å². The molecule has 0 bridgehead atoms. The lowest BCUT2D eigenvalue weighted by Gasteiger charge is -2.25. The van der Waals surface area contributed by atoms with Crippen LogP contribution in [-0.4, -0.2) is 75.6 Å². The molecule has 0 radical (unpaired) electrons. The van der Waals surface area contributed by atoms with Crippen LogP contribution in [0.25, 0.3) is 10.9 Å². The zero-order chi connectivity index (χ0) is 29.8. The fourth-order valence-corrected chi connectivity index (χ4v) is 4.27. The zero-order valence-electron chi connectivity index (χ0n) is 22.8. The highest BCUT2D eigenvalue weighted by Gasteiger charge is 2.32. The fraction of sp³-hybridized carbons (Fsp3) is 0.519. The number of carbonyl (C=O) groups excluding carboxylic acids is 3. The number of nitrogens with two attached hydrogens (primary N) is 2. The second kappa shape index (κ2) is 15.6. The van der Waals surface area contributed by atoms with Crippen molar-refractivity contribution in [3.8, 4) is 0 Å². The van der Waals surface area contributed by atoms with Crippen molar-refractivity contribution in [3.05, 3.63) is 36.0 Å². The van der Waals surface area contributed by atoms with Crippen molar-refractivity contribution in [2.75, 3.05) is 6.54 Å². The Labute approximate surface area is 232 Å². The van der Waals surface area contributed by atoms with Gasteiger partial charge in [-0.3, -0.25) is 19.2 Å². The molecule has 13 heteroatoms. The summed E-state index contributed by atoms with van der Waals surface area (Å²) in [7, 11) is 0. The minimum Gasteiger partial charge on any atom is -0.481 e. The van der Waals surface area contributed by atoms with E-state index in [1.54, 1.807) is 20.0 Å². The number of rotatable bonds is 17. The molecule has 1 aromatic heterocycles. The van der Waals surface area contributed by atoms with E-state index in [2.05, 4.69) is 20.9 Å². The number of benzene rings is 1. The number of nitrogens with one attached hydrogen (secondary N) is 4. The summed E-state index contributed by atoms with van der Waals surface area (Å²) in [4.78, 5) is 65.5. The Kier molecular flexibility index (Phi) is 12.6. The molecule has 2 rings (SSSR count). The number of carbonyl (C=O) groups is 5. The standard InChI is InChI=1S/C27H40N6O7/c1-15(2)11-22(27(39)40)33-26(38)21(13-23(34)35)32-25(37)20(31-24(36)18(29)8-5-6-10-28)12-16-14-30-19-9-4-3-7-17(16)19/h3-4,7,9,14-15,18,20-22,30H,5-6,8,10-13,28-29H2,1-2H3,(H,31,36)(H,32,37)(H,33,38)(H,34,35)(H,39,40). The molecular formula is C27H40N6O7. The van der Waals surface area contributed by atoms with Crippen LogP contribution in [0, 0.1) is 5.92 Å². The number of H-pyrrole nitrogens is 1. The first kappa shape index (κ1) is 32.2. The molecule has 10 N–H and O–H groups in total. The second-order valence-electron chi connectivity index (χ2n) is 10.2. The van der Waals surface area contributed by atoms with Crippen molar-refractivity contribution in [2.45, 2.75) is 76.5 Å². The summed E-state index contributed by atoms with van der Waals surface area (Å²) in [6, 6.07) is 2.39. The maximum absolute atomic E-state index is 13.4. The van der Waals surface area contributed by atoms with Crippen molar-refractivity contribution in [3.63, 3.8) is 0 Å². The molecule has 3 amide bonds. The Hall–Kier alpha value is -3.97. The van der Waals surface area contributed by atoms with E-state index in [0.29, 0.717) is 31.4 Å². The summed E-state index contributed by atoms with van der Waals surface area (Å²) in [5, 5.41) is 27.0. The molecule has 1 aromatic carbocycles. The number of aliphatic carboxylic acids is 2. The molecule has 0 saturated heterocycles. The number of para-hydroxylation sites is 1. The van der Waals surface area contributed by atoms with E-state index in [4.69, 9.17) is 11.5 Å². The predicted molar refractivity (Wildman–Crippen MR) is 148 cm³/mol. The fourth-order valence-electron chi connectivity index (χ4n) is 4.27. The third kappa shape index (κ3) is 9.97. The number of carboxylic acids is 2. The first-order chi connectivity index (χ1) is 18.9. The van der Waals surface area contributed by atoms with E-state index in [1.165, 1.54) is 0 Å².